The maximum Gasteiger partial charge on any atom is 0.261 e. The lowest BCUT2D eigenvalue weighted by Gasteiger charge is -2.24. The third-order valence-electron chi connectivity index (χ3n) is 4.77. The van der Waals surface area contributed by atoms with Crippen LogP contribution in [0.15, 0.2) is 42.5 Å². The van der Waals surface area contributed by atoms with Gasteiger partial charge in [0.05, 0.1) is 13.2 Å². The van der Waals surface area contributed by atoms with Crippen LogP contribution in [0.5, 0.6) is 11.5 Å². The summed E-state index contributed by atoms with van der Waals surface area (Å²) < 4.78 is 11.2. The van der Waals surface area contributed by atoms with Gasteiger partial charge in [0.15, 0.2) is 6.10 Å². The maximum atomic E-state index is 12.8. The second kappa shape index (κ2) is 9.45. The van der Waals surface area contributed by atoms with Crippen molar-refractivity contribution in [1.29, 1.82) is 0 Å². The molecule has 0 aliphatic rings. The van der Waals surface area contributed by atoms with Crippen LogP contribution >= 0.6 is 0 Å². The lowest BCUT2D eigenvalue weighted by atomic mass is 9.96. The van der Waals surface area contributed by atoms with E-state index in [1.54, 1.807) is 14.0 Å². The van der Waals surface area contributed by atoms with E-state index in [0.29, 0.717) is 5.92 Å². The van der Waals surface area contributed by atoms with Crippen LogP contribution in [-0.2, 0) is 4.79 Å². The van der Waals surface area contributed by atoms with Crippen LogP contribution in [0.4, 0.5) is 0 Å². The molecular weight excluding hydrogens is 338 g/mol. The van der Waals surface area contributed by atoms with Crippen molar-refractivity contribution in [1.82, 2.24) is 5.32 Å². The molecule has 2 unspecified atom stereocenters. The quantitative estimate of drug-likeness (QED) is 0.714. The van der Waals surface area contributed by atoms with Gasteiger partial charge < -0.3 is 14.8 Å². The van der Waals surface area contributed by atoms with E-state index >= 15 is 0 Å². The summed E-state index contributed by atoms with van der Waals surface area (Å²) in [6, 6.07) is 13.7. The molecule has 0 aliphatic carbocycles. The number of amides is 1. The third kappa shape index (κ3) is 5.75. The minimum Gasteiger partial charge on any atom is -0.497 e. The van der Waals surface area contributed by atoms with Crippen LogP contribution in [0.1, 0.15) is 49.9 Å². The zero-order valence-corrected chi connectivity index (χ0v) is 17.2. The second-order valence-electron chi connectivity index (χ2n) is 7.42. The highest BCUT2D eigenvalue weighted by molar-refractivity contribution is 5.81. The molecular formula is C23H31NO3. The van der Waals surface area contributed by atoms with Gasteiger partial charge in [-0.25, -0.2) is 0 Å². The highest BCUT2D eigenvalue weighted by Crippen LogP contribution is 2.25. The molecule has 1 amide bonds. The first-order valence-corrected chi connectivity index (χ1v) is 9.49. The van der Waals surface area contributed by atoms with Gasteiger partial charge in [0.1, 0.15) is 11.5 Å². The number of carbonyl (C=O) groups is 1. The fourth-order valence-electron chi connectivity index (χ4n) is 2.97. The van der Waals surface area contributed by atoms with Crippen molar-refractivity contribution in [3.05, 3.63) is 59.2 Å². The number of rotatable bonds is 8. The summed E-state index contributed by atoms with van der Waals surface area (Å²) in [5.41, 5.74) is 3.28. The molecule has 0 saturated heterocycles. The average molecular weight is 370 g/mol. The lowest BCUT2D eigenvalue weighted by Crippen LogP contribution is -2.39. The molecule has 0 fully saturated rings. The van der Waals surface area contributed by atoms with Crippen molar-refractivity contribution in [2.45, 2.75) is 53.2 Å². The summed E-state index contributed by atoms with van der Waals surface area (Å²) >= 11 is 0. The zero-order chi connectivity index (χ0) is 20.0. The SMILES string of the molecule is COc1ccc(C(CC(C)C)NC(=O)C(C)Oc2cccc(C)c2C)cc1. The predicted molar refractivity (Wildman–Crippen MR) is 109 cm³/mol. The van der Waals surface area contributed by atoms with Crippen LogP contribution in [0.2, 0.25) is 0 Å². The average Bonchev–Trinajstić information content (AvgIpc) is 2.64. The normalized spacial score (nSPS) is 13.1. The number of methoxy groups -OCH3 is 1. The van der Waals surface area contributed by atoms with Gasteiger partial charge in [0.25, 0.3) is 5.91 Å². The van der Waals surface area contributed by atoms with Crippen LogP contribution in [-0.4, -0.2) is 19.1 Å². The van der Waals surface area contributed by atoms with Gasteiger partial charge in [-0.2, -0.15) is 0 Å². The summed E-state index contributed by atoms with van der Waals surface area (Å²) in [5.74, 6) is 1.90. The third-order valence-corrected chi connectivity index (χ3v) is 4.77. The maximum absolute atomic E-state index is 12.8. The number of hydrogen-bond acceptors (Lipinski definition) is 3. The topological polar surface area (TPSA) is 47.6 Å². The predicted octanol–water partition coefficient (Wildman–Crippen LogP) is 4.98. The minimum absolute atomic E-state index is 0.0620. The Morgan fingerprint density at radius 2 is 1.70 bits per heavy atom. The summed E-state index contributed by atoms with van der Waals surface area (Å²) in [6.45, 7) is 10.1. The number of ether oxygens (including phenoxy) is 2. The molecule has 0 radical (unpaired) electrons. The molecule has 0 saturated carbocycles. The summed E-state index contributed by atoms with van der Waals surface area (Å²) in [5, 5.41) is 3.15. The largest absolute Gasteiger partial charge is 0.497 e. The van der Waals surface area contributed by atoms with E-state index < -0.39 is 6.10 Å². The smallest absolute Gasteiger partial charge is 0.261 e. The van der Waals surface area contributed by atoms with E-state index in [0.717, 1.165) is 34.6 Å². The second-order valence-corrected chi connectivity index (χ2v) is 7.42. The minimum atomic E-state index is -0.571. The van der Waals surface area contributed by atoms with Gasteiger partial charge in [-0.1, -0.05) is 38.1 Å². The van der Waals surface area contributed by atoms with Crippen LogP contribution in [0, 0.1) is 19.8 Å². The molecule has 2 rings (SSSR count). The van der Waals surface area contributed by atoms with E-state index in [1.165, 1.54) is 0 Å². The molecule has 0 spiro atoms. The van der Waals surface area contributed by atoms with Crippen LogP contribution in [0.3, 0.4) is 0 Å². The number of aryl methyl sites for hydroxylation is 1. The Labute approximate surface area is 162 Å². The van der Waals surface area contributed by atoms with Crippen LogP contribution in [0.25, 0.3) is 0 Å². The van der Waals surface area contributed by atoms with Gasteiger partial charge in [0, 0.05) is 0 Å². The van der Waals surface area contributed by atoms with E-state index in [2.05, 4.69) is 19.2 Å². The Morgan fingerprint density at radius 1 is 1.04 bits per heavy atom. The summed E-state index contributed by atoms with van der Waals surface area (Å²) in [6.07, 6.45) is 0.285. The molecule has 4 nitrogen and oxygen atoms in total. The number of benzene rings is 2. The molecule has 2 aromatic carbocycles. The Balaban J connectivity index is 2.10. The van der Waals surface area contributed by atoms with Crippen molar-refractivity contribution < 1.29 is 14.3 Å². The van der Waals surface area contributed by atoms with Crippen molar-refractivity contribution in [2.75, 3.05) is 7.11 Å². The molecule has 0 aromatic heterocycles. The number of hydrogen-bond donors (Lipinski definition) is 1. The molecule has 0 heterocycles. The Kier molecular flexibility index (Phi) is 7.28. The molecule has 0 aliphatic heterocycles. The van der Waals surface area contributed by atoms with Crippen molar-refractivity contribution >= 4 is 5.91 Å². The molecule has 0 bridgehead atoms. The van der Waals surface area contributed by atoms with E-state index in [4.69, 9.17) is 9.47 Å². The summed E-state index contributed by atoms with van der Waals surface area (Å²) in [4.78, 5) is 12.8. The number of nitrogens with one attached hydrogen (secondary N) is 1. The molecule has 4 heteroatoms. The van der Waals surface area contributed by atoms with Gasteiger partial charge in [-0.3, -0.25) is 4.79 Å². The van der Waals surface area contributed by atoms with E-state index in [-0.39, 0.29) is 11.9 Å². The molecule has 2 atom stereocenters. The van der Waals surface area contributed by atoms with E-state index in [9.17, 15) is 4.79 Å². The van der Waals surface area contributed by atoms with E-state index in [1.807, 2.05) is 56.3 Å². The van der Waals surface area contributed by atoms with Crippen LogP contribution < -0.4 is 14.8 Å². The van der Waals surface area contributed by atoms with Crippen molar-refractivity contribution in [3.63, 3.8) is 0 Å². The summed E-state index contributed by atoms with van der Waals surface area (Å²) in [7, 11) is 1.65. The standard InChI is InChI=1S/C23H31NO3/c1-15(2)14-21(19-10-12-20(26-6)13-11-19)24-23(25)18(5)27-22-9-7-8-16(3)17(22)4/h7-13,15,18,21H,14H2,1-6H3,(H,24,25). The Morgan fingerprint density at radius 3 is 2.30 bits per heavy atom. The fraction of sp³-hybridized carbons (Fsp3) is 0.435. The Bertz CT molecular complexity index is 753. The first-order valence-electron chi connectivity index (χ1n) is 9.49. The van der Waals surface area contributed by atoms with Crippen molar-refractivity contribution in [3.8, 4) is 11.5 Å². The zero-order valence-electron chi connectivity index (χ0n) is 17.2. The first kappa shape index (κ1) is 20.8. The van der Waals surface area contributed by atoms with Crippen molar-refractivity contribution in [2.24, 2.45) is 5.92 Å². The van der Waals surface area contributed by atoms with Gasteiger partial charge in [-0.15, -0.1) is 0 Å². The first-order chi connectivity index (χ1) is 12.8. The molecule has 27 heavy (non-hydrogen) atoms. The molecule has 1 N–H and O–H groups in total. The monoisotopic (exact) mass is 369 g/mol. The van der Waals surface area contributed by atoms with Gasteiger partial charge in [0.2, 0.25) is 0 Å². The van der Waals surface area contributed by atoms with Gasteiger partial charge >= 0.3 is 0 Å². The lowest BCUT2D eigenvalue weighted by molar-refractivity contribution is -0.128. The molecule has 146 valence electrons. The fourth-order valence-corrected chi connectivity index (χ4v) is 2.97. The van der Waals surface area contributed by atoms with Gasteiger partial charge in [-0.05, 0) is 68.0 Å². The number of carbonyl (C=O) groups excluding carboxylic acids is 1. The molecule has 2 aromatic rings. The highest BCUT2D eigenvalue weighted by Gasteiger charge is 2.22. The highest BCUT2D eigenvalue weighted by atomic mass is 16.5. The Hall–Kier alpha value is -2.49.